The highest BCUT2D eigenvalue weighted by molar-refractivity contribution is 7.99. The Kier molecular flexibility index (Phi) is 14.3. The van der Waals surface area contributed by atoms with Crippen molar-refractivity contribution in [2.24, 2.45) is 0 Å². The third-order valence-electron chi connectivity index (χ3n) is 8.44. The number of fused-ring (bicyclic) bond motifs is 1. The van der Waals surface area contributed by atoms with E-state index in [1.165, 1.54) is 18.9 Å². The molecule has 0 N–H and O–H groups in total. The van der Waals surface area contributed by atoms with Gasteiger partial charge in [0.05, 0.1) is 19.3 Å². The van der Waals surface area contributed by atoms with E-state index in [9.17, 15) is 26.7 Å². The molecule has 0 aromatic heterocycles. The maximum atomic E-state index is 13.0. The normalized spacial score (nSPS) is 18.3. The number of hydrogen-bond acceptors (Lipinski definition) is 6. The van der Waals surface area contributed by atoms with Gasteiger partial charge in [-0.2, -0.15) is 33.7 Å². The topological polar surface area (TPSA) is 54.0 Å². The SMILES string of the molecule is COCOc1ccc2c(c1)OC[C@](C)(c1ccc(C(=O)OC)cc1)[C@@H]2CCCCCCCCCSCCCC(F)(F)C(F)(F)F. The fourth-order valence-electron chi connectivity index (χ4n) is 5.76. The first-order valence-corrected chi connectivity index (χ1v) is 16.7. The summed E-state index contributed by atoms with van der Waals surface area (Å²) in [5.74, 6) is -2.20. The summed E-state index contributed by atoms with van der Waals surface area (Å²) in [6, 6.07) is 13.5. The Labute approximate surface area is 267 Å². The second-order valence-electron chi connectivity index (χ2n) is 11.8. The second-order valence-corrected chi connectivity index (χ2v) is 13.0. The molecule has 0 amide bonds. The van der Waals surface area contributed by atoms with Crippen molar-refractivity contribution in [2.75, 3.05) is 39.1 Å². The van der Waals surface area contributed by atoms with Gasteiger partial charge in [0.2, 0.25) is 0 Å². The van der Waals surface area contributed by atoms with Gasteiger partial charge in [0, 0.05) is 30.9 Å². The Balaban J connectivity index is 1.47. The average Bonchev–Trinajstić information content (AvgIpc) is 3.02. The van der Waals surface area contributed by atoms with E-state index in [0.29, 0.717) is 23.7 Å². The molecule has 2 aromatic carbocycles. The number of thioether (sulfide) groups is 1. The van der Waals surface area contributed by atoms with Gasteiger partial charge in [-0.25, -0.2) is 4.79 Å². The highest BCUT2D eigenvalue weighted by atomic mass is 32.2. The lowest BCUT2D eigenvalue weighted by Gasteiger charge is -2.43. The first-order valence-electron chi connectivity index (χ1n) is 15.5. The van der Waals surface area contributed by atoms with Gasteiger partial charge in [-0.05, 0) is 60.1 Å². The highest BCUT2D eigenvalue weighted by Crippen LogP contribution is 2.50. The number of esters is 1. The van der Waals surface area contributed by atoms with Crippen LogP contribution < -0.4 is 9.47 Å². The zero-order chi connectivity index (χ0) is 32.9. The lowest BCUT2D eigenvalue weighted by molar-refractivity contribution is -0.284. The van der Waals surface area contributed by atoms with Crippen molar-refractivity contribution in [3.8, 4) is 11.5 Å². The van der Waals surface area contributed by atoms with Crippen LogP contribution in [0.3, 0.4) is 0 Å². The number of alkyl halides is 5. The standard InChI is InChI=1S/C34H45F5O5S/c1-32(26-15-13-25(14-16-26)31(40)42-3)23-43-30-22-27(44-24-41-2)17-18-28(30)29(32)12-9-7-5-4-6-8-10-20-45-21-11-19-33(35,36)34(37,38)39/h13-18,22,29H,4-12,19-21,23-24H2,1-3H3/t29-,32-/m1/s1. The summed E-state index contributed by atoms with van der Waals surface area (Å²) in [7, 11) is 2.94. The summed E-state index contributed by atoms with van der Waals surface area (Å²) in [5, 5.41) is 0. The zero-order valence-corrected chi connectivity index (χ0v) is 27.2. The molecule has 1 heterocycles. The molecule has 2 aromatic rings. The molecule has 0 radical (unpaired) electrons. The van der Waals surface area contributed by atoms with Gasteiger partial charge >= 0.3 is 18.1 Å². The molecule has 0 saturated carbocycles. The van der Waals surface area contributed by atoms with Crippen LogP contribution in [0.4, 0.5) is 22.0 Å². The van der Waals surface area contributed by atoms with Gasteiger partial charge in [-0.3, -0.25) is 0 Å². The van der Waals surface area contributed by atoms with Crippen LogP contribution >= 0.6 is 11.8 Å². The maximum Gasteiger partial charge on any atom is 0.453 e. The first-order chi connectivity index (χ1) is 21.4. The van der Waals surface area contributed by atoms with E-state index in [1.807, 2.05) is 24.3 Å². The van der Waals surface area contributed by atoms with E-state index in [1.54, 1.807) is 19.2 Å². The van der Waals surface area contributed by atoms with Crippen molar-refractivity contribution in [1.29, 1.82) is 0 Å². The summed E-state index contributed by atoms with van der Waals surface area (Å²) >= 11 is 1.44. The summed E-state index contributed by atoms with van der Waals surface area (Å²) in [4.78, 5) is 12.0. The van der Waals surface area contributed by atoms with E-state index in [-0.39, 0.29) is 30.5 Å². The molecule has 2 atom stereocenters. The number of ether oxygens (including phenoxy) is 4. The molecule has 0 aliphatic carbocycles. The zero-order valence-electron chi connectivity index (χ0n) is 26.4. The van der Waals surface area contributed by atoms with E-state index >= 15 is 0 Å². The largest absolute Gasteiger partial charge is 0.492 e. The van der Waals surface area contributed by atoms with E-state index in [4.69, 9.17) is 18.9 Å². The Morgan fingerprint density at radius 2 is 1.56 bits per heavy atom. The average molecular weight is 661 g/mol. The predicted octanol–water partition coefficient (Wildman–Crippen LogP) is 9.72. The molecule has 252 valence electrons. The van der Waals surface area contributed by atoms with Crippen LogP contribution in [0.15, 0.2) is 42.5 Å². The minimum absolute atomic E-state index is 0.143. The number of carbonyl (C=O) groups is 1. The Hall–Kier alpha value is -2.53. The third-order valence-corrected chi connectivity index (χ3v) is 9.60. The Morgan fingerprint density at radius 1 is 0.911 bits per heavy atom. The third kappa shape index (κ3) is 10.5. The first kappa shape index (κ1) is 36.9. The summed E-state index contributed by atoms with van der Waals surface area (Å²) in [6.07, 6.45) is 1.56. The minimum atomic E-state index is -5.46. The molecule has 0 unspecified atom stereocenters. The fraction of sp³-hybridized carbons (Fsp3) is 0.618. The lowest BCUT2D eigenvalue weighted by Crippen LogP contribution is -2.40. The van der Waals surface area contributed by atoms with Crippen LogP contribution in [-0.4, -0.2) is 57.2 Å². The van der Waals surface area contributed by atoms with Gasteiger partial charge in [0.25, 0.3) is 0 Å². The molecule has 1 aliphatic rings. The van der Waals surface area contributed by atoms with Crippen molar-refractivity contribution < 1.29 is 45.7 Å². The quantitative estimate of drug-likeness (QED) is 0.0647. The molecular weight excluding hydrogens is 615 g/mol. The van der Waals surface area contributed by atoms with Crippen molar-refractivity contribution in [3.05, 3.63) is 59.2 Å². The van der Waals surface area contributed by atoms with Crippen LogP contribution in [0.1, 0.15) is 98.5 Å². The Bertz CT molecular complexity index is 1190. The van der Waals surface area contributed by atoms with Crippen molar-refractivity contribution in [3.63, 3.8) is 0 Å². The van der Waals surface area contributed by atoms with Crippen LogP contribution in [0.25, 0.3) is 0 Å². The molecule has 11 heteroatoms. The van der Waals surface area contributed by atoms with Gasteiger partial charge < -0.3 is 18.9 Å². The summed E-state index contributed by atoms with van der Waals surface area (Å²) < 4.78 is 84.4. The predicted molar refractivity (Wildman–Crippen MR) is 167 cm³/mol. The minimum Gasteiger partial charge on any atom is -0.492 e. The number of carbonyl (C=O) groups excluding carboxylic acids is 1. The highest BCUT2D eigenvalue weighted by Gasteiger charge is 2.56. The van der Waals surface area contributed by atoms with Gasteiger partial charge in [-0.1, -0.05) is 63.6 Å². The van der Waals surface area contributed by atoms with E-state index < -0.39 is 18.5 Å². The van der Waals surface area contributed by atoms with E-state index in [2.05, 4.69) is 13.0 Å². The Morgan fingerprint density at radius 3 is 2.20 bits per heavy atom. The molecule has 5 nitrogen and oxygen atoms in total. The van der Waals surface area contributed by atoms with Crippen LogP contribution in [-0.2, 0) is 14.9 Å². The van der Waals surface area contributed by atoms with Gasteiger partial charge in [0.15, 0.2) is 6.79 Å². The van der Waals surface area contributed by atoms with Crippen molar-refractivity contribution in [2.45, 2.75) is 94.6 Å². The second kappa shape index (κ2) is 17.4. The molecule has 3 rings (SSSR count). The maximum absolute atomic E-state index is 13.0. The molecule has 1 aliphatic heterocycles. The van der Waals surface area contributed by atoms with Crippen LogP contribution in [0.5, 0.6) is 11.5 Å². The molecule has 0 fully saturated rings. The van der Waals surface area contributed by atoms with Gasteiger partial charge in [-0.15, -0.1) is 0 Å². The summed E-state index contributed by atoms with van der Waals surface area (Å²) in [5.41, 5.74) is 2.42. The lowest BCUT2D eigenvalue weighted by atomic mass is 9.66. The fourth-order valence-corrected chi connectivity index (χ4v) is 6.72. The molecule has 0 saturated heterocycles. The number of hydrogen-bond donors (Lipinski definition) is 0. The van der Waals surface area contributed by atoms with Crippen molar-refractivity contribution >= 4 is 17.7 Å². The number of halogens is 5. The van der Waals surface area contributed by atoms with E-state index in [0.717, 1.165) is 74.0 Å². The smallest absolute Gasteiger partial charge is 0.453 e. The van der Waals surface area contributed by atoms with Crippen molar-refractivity contribution in [1.82, 2.24) is 0 Å². The molecule has 0 spiro atoms. The summed E-state index contributed by atoms with van der Waals surface area (Å²) in [6.45, 7) is 2.85. The molecule has 0 bridgehead atoms. The number of unbranched alkanes of at least 4 members (excludes halogenated alkanes) is 6. The van der Waals surface area contributed by atoms with Gasteiger partial charge in [0.1, 0.15) is 11.5 Å². The number of methoxy groups -OCH3 is 2. The number of rotatable bonds is 19. The van der Waals surface area contributed by atoms with Crippen LogP contribution in [0.2, 0.25) is 0 Å². The van der Waals surface area contributed by atoms with Crippen LogP contribution in [0, 0.1) is 0 Å². The molecular formula is C34H45F5O5S. The molecule has 45 heavy (non-hydrogen) atoms. The monoisotopic (exact) mass is 660 g/mol. The number of benzene rings is 2.